The highest BCUT2D eigenvalue weighted by Crippen LogP contribution is 2.16. The third-order valence-corrected chi connectivity index (χ3v) is 5.66. The Labute approximate surface area is 183 Å². The molecule has 0 N–H and O–H groups in total. The van der Waals surface area contributed by atoms with Gasteiger partial charge in [0.05, 0.1) is 0 Å². The molecule has 1 aromatic carbocycles. The zero-order valence-electron chi connectivity index (χ0n) is 17.9. The number of carbonyl (C=O) groups is 1. The van der Waals surface area contributed by atoms with Crippen LogP contribution >= 0.6 is 0 Å². The predicted octanol–water partition coefficient (Wildman–Crippen LogP) is 3.89. The van der Waals surface area contributed by atoms with Gasteiger partial charge in [0.2, 0.25) is 0 Å². The SMILES string of the molecule is Cc1cccnc1CCc1ccc(OC(=O)N2CCN(Cc3cccnc3)CC2)cc1. The summed E-state index contributed by atoms with van der Waals surface area (Å²) in [5.74, 6) is 0.584. The van der Waals surface area contributed by atoms with Crippen LogP contribution in [-0.2, 0) is 19.4 Å². The summed E-state index contributed by atoms with van der Waals surface area (Å²) in [5.41, 5.74) is 4.74. The van der Waals surface area contributed by atoms with Crippen LogP contribution in [0.2, 0.25) is 0 Å². The van der Waals surface area contributed by atoms with E-state index in [1.807, 2.05) is 48.8 Å². The van der Waals surface area contributed by atoms with Crippen LogP contribution in [0.15, 0.2) is 67.1 Å². The van der Waals surface area contributed by atoms with Crippen LogP contribution in [-0.4, -0.2) is 52.0 Å². The number of aryl methyl sites for hydroxylation is 3. The zero-order valence-corrected chi connectivity index (χ0v) is 17.9. The quantitative estimate of drug-likeness (QED) is 0.610. The van der Waals surface area contributed by atoms with Crippen LogP contribution in [0, 0.1) is 6.92 Å². The highest BCUT2D eigenvalue weighted by atomic mass is 16.6. The molecule has 0 saturated carbocycles. The molecule has 1 fully saturated rings. The highest BCUT2D eigenvalue weighted by molar-refractivity contribution is 5.70. The third-order valence-electron chi connectivity index (χ3n) is 5.66. The number of amides is 1. The molecular formula is C25H28N4O2. The van der Waals surface area contributed by atoms with Crippen molar-refractivity contribution in [3.05, 3.63) is 89.5 Å². The highest BCUT2D eigenvalue weighted by Gasteiger charge is 2.22. The molecule has 31 heavy (non-hydrogen) atoms. The first-order chi connectivity index (χ1) is 15.2. The lowest BCUT2D eigenvalue weighted by Crippen LogP contribution is -2.49. The fourth-order valence-corrected chi connectivity index (χ4v) is 3.77. The van der Waals surface area contributed by atoms with Gasteiger partial charge in [0.1, 0.15) is 5.75 Å². The van der Waals surface area contributed by atoms with Crippen molar-refractivity contribution >= 4 is 6.09 Å². The summed E-state index contributed by atoms with van der Waals surface area (Å²) in [5, 5.41) is 0. The molecule has 0 radical (unpaired) electrons. The number of nitrogens with zero attached hydrogens (tertiary/aromatic N) is 4. The molecule has 6 heteroatoms. The fraction of sp³-hybridized carbons (Fsp3) is 0.320. The van der Waals surface area contributed by atoms with Gasteiger partial charge in [-0.2, -0.15) is 0 Å². The Morgan fingerprint density at radius 2 is 1.71 bits per heavy atom. The van der Waals surface area contributed by atoms with Gasteiger partial charge < -0.3 is 9.64 Å². The van der Waals surface area contributed by atoms with Crippen molar-refractivity contribution in [1.29, 1.82) is 0 Å². The number of hydrogen-bond acceptors (Lipinski definition) is 5. The summed E-state index contributed by atoms with van der Waals surface area (Å²) >= 11 is 0. The van der Waals surface area contributed by atoms with Gasteiger partial charge in [-0.3, -0.25) is 14.9 Å². The molecule has 1 aliphatic heterocycles. The predicted molar refractivity (Wildman–Crippen MR) is 120 cm³/mol. The summed E-state index contributed by atoms with van der Waals surface area (Å²) in [6.07, 6.45) is 7.04. The molecule has 4 rings (SSSR count). The van der Waals surface area contributed by atoms with Crippen molar-refractivity contribution in [3.8, 4) is 5.75 Å². The molecule has 0 bridgehead atoms. The molecule has 0 spiro atoms. The van der Waals surface area contributed by atoms with Gasteiger partial charge in [-0.05, 0) is 60.7 Å². The van der Waals surface area contributed by atoms with E-state index in [0.29, 0.717) is 18.8 Å². The summed E-state index contributed by atoms with van der Waals surface area (Å²) in [6, 6.07) is 15.9. The molecule has 1 aliphatic rings. The molecule has 160 valence electrons. The van der Waals surface area contributed by atoms with E-state index in [2.05, 4.69) is 33.9 Å². The normalized spacial score (nSPS) is 14.4. The Hall–Kier alpha value is -3.25. The van der Waals surface area contributed by atoms with Crippen LogP contribution in [0.5, 0.6) is 5.75 Å². The average molecular weight is 417 g/mol. The molecular weight excluding hydrogens is 388 g/mol. The molecule has 2 aromatic heterocycles. The van der Waals surface area contributed by atoms with Crippen molar-refractivity contribution < 1.29 is 9.53 Å². The van der Waals surface area contributed by atoms with Gasteiger partial charge in [0.15, 0.2) is 0 Å². The van der Waals surface area contributed by atoms with Gasteiger partial charge in [-0.1, -0.05) is 24.3 Å². The second kappa shape index (κ2) is 10.2. The van der Waals surface area contributed by atoms with Gasteiger partial charge in [-0.25, -0.2) is 4.79 Å². The van der Waals surface area contributed by atoms with E-state index < -0.39 is 0 Å². The van der Waals surface area contributed by atoms with Gasteiger partial charge in [0.25, 0.3) is 0 Å². The lowest BCUT2D eigenvalue weighted by atomic mass is 10.1. The Balaban J connectivity index is 1.23. The third kappa shape index (κ3) is 5.89. The van der Waals surface area contributed by atoms with E-state index in [9.17, 15) is 4.79 Å². The summed E-state index contributed by atoms with van der Waals surface area (Å²) in [6.45, 7) is 5.94. The monoisotopic (exact) mass is 416 g/mol. The van der Waals surface area contributed by atoms with E-state index in [4.69, 9.17) is 4.74 Å². The number of carbonyl (C=O) groups excluding carboxylic acids is 1. The van der Waals surface area contributed by atoms with Crippen molar-refractivity contribution in [3.63, 3.8) is 0 Å². The number of benzene rings is 1. The zero-order chi connectivity index (χ0) is 21.5. The molecule has 0 unspecified atom stereocenters. The number of aromatic nitrogens is 2. The maximum atomic E-state index is 12.5. The second-order valence-corrected chi connectivity index (χ2v) is 7.90. The smallest absolute Gasteiger partial charge is 0.410 e. The van der Waals surface area contributed by atoms with E-state index in [0.717, 1.165) is 38.2 Å². The maximum absolute atomic E-state index is 12.5. The van der Waals surface area contributed by atoms with Crippen molar-refractivity contribution in [2.24, 2.45) is 0 Å². The van der Waals surface area contributed by atoms with Crippen LogP contribution in [0.4, 0.5) is 4.79 Å². The molecule has 1 saturated heterocycles. The standard InChI is InChI=1S/C25H28N4O2/c1-20-4-2-13-27-24(20)11-8-21-6-9-23(10-7-21)31-25(30)29-16-14-28(15-17-29)19-22-5-3-12-26-18-22/h2-7,9-10,12-13,18H,8,11,14-17,19H2,1H3. The van der Waals surface area contributed by atoms with Crippen LogP contribution in [0.3, 0.4) is 0 Å². The fourth-order valence-electron chi connectivity index (χ4n) is 3.77. The van der Waals surface area contributed by atoms with Crippen molar-refractivity contribution in [2.45, 2.75) is 26.3 Å². The molecule has 1 amide bonds. The Kier molecular flexibility index (Phi) is 6.89. The summed E-state index contributed by atoms with van der Waals surface area (Å²) in [7, 11) is 0. The summed E-state index contributed by atoms with van der Waals surface area (Å²) in [4.78, 5) is 25.3. The second-order valence-electron chi connectivity index (χ2n) is 7.90. The first kappa shape index (κ1) is 21.0. The van der Waals surface area contributed by atoms with Crippen LogP contribution in [0.1, 0.15) is 22.4 Å². The first-order valence-corrected chi connectivity index (χ1v) is 10.7. The van der Waals surface area contributed by atoms with E-state index in [-0.39, 0.29) is 6.09 Å². The number of pyridine rings is 2. The Bertz CT molecular complexity index is 984. The van der Waals surface area contributed by atoms with E-state index in [1.54, 1.807) is 11.1 Å². The average Bonchev–Trinajstić information content (AvgIpc) is 2.81. The molecule has 3 heterocycles. The number of piperazine rings is 1. The molecule has 0 aliphatic carbocycles. The maximum Gasteiger partial charge on any atom is 0.415 e. The van der Waals surface area contributed by atoms with E-state index >= 15 is 0 Å². The number of ether oxygens (including phenoxy) is 1. The summed E-state index contributed by atoms with van der Waals surface area (Å²) < 4.78 is 5.59. The van der Waals surface area contributed by atoms with Crippen molar-refractivity contribution in [2.75, 3.05) is 26.2 Å². The molecule has 3 aromatic rings. The Morgan fingerprint density at radius 3 is 2.42 bits per heavy atom. The van der Waals surface area contributed by atoms with Crippen LogP contribution in [0.25, 0.3) is 0 Å². The molecule has 6 nitrogen and oxygen atoms in total. The topological polar surface area (TPSA) is 58.6 Å². The lowest BCUT2D eigenvalue weighted by Gasteiger charge is -2.33. The minimum absolute atomic E-state index is 0.280. The molecule has 0 atom stereocenters. The van der Waals surface area contributed by atoms with Gasteiger partial charge in [-0.15, -0.1) is 0 Å². The Morgan fingerprint density at radius 1 is 0.935 bits per heavy atom. The largest absolute Gasteiger partial charge is 0.415 e. The minimum atomic E-state index is -0.280. The number of rotatable bonds is 6. The van der Waals surface area contributed by atoms with E-state index in [1.165, 1.54) is 16.7 Å². The van der Waals surface area contributed by atoms with Gasteiger partial charge >= 0.3 is 6.09 Å². The minimum Gasteiger partial charge on any atom is -0.410 e. The van der Waals surface area contributed by atoms with Crippen molar-refractivity contribution in [1.82, 2.24) is 19.8 Å². The first-order valence-electron chi connectivity index (χ1n) is 10.7. The lowest BCUT2D eigenvalue weighted by molar-refractivity contribution is 0.108. The van der Waals surface area contributed by atoms with Gasteiger partial charge in [0, 0.05) is 57.0 Å². The van der Waals surface area contributed by atoms with Crippen LogP contribution < -0.4 is 4.74 Å². The number of hydrogen-bond donors (Lipinski definition) is 0.